The van der Waals surface area contributed by atoms with Crippen LogP contribution in [0.2, 0.25) is 5.02 Å². The van der Waals surface area contributed by atoms with Crippen molar-refractivity contribution in [3.8, 4) is 0 Å². The van der Waals surface area contributed by atoms with Gasteiger partial charge in [0.15, 0.2) is 0 Å². The minimum Gasteiger partial charge on any atom is -0.382 e. The van der Waals surface area contributed by atoms with E-state index >= 15 is 0 Å². The average molecular weight is 290 g/mol. The first-order chi connectivity index (χ1) is 9.17. The largest absolute Gasteiger partial charge is 0.382 e. The molecule has 1 aromatic carbocycles. The number of hydrogen-bond donors (Lipinski definition) is 1. The van der Waals surface area contributed by atoms with Crippen LogP contribution in [0.5, 0.6) is 0 Å². The van der Waals surface area contributed by atoms with Crippen LogP contribution < -0.4 is 5.32 Å². The smallest absolute Gasteiger partial charge is 0.126 e. The lowest BCUT2D eigenvalue weighted by atomic mass is 10.1. The molecule has 3 nitrogen and oxygen atoms in total. The van der Waals surface area contributed by atoms with E-state index in [1.165, 1.54) is 6.07 Å². The lowest BCUT2D eigenvalue weighted by molar-refractivity contribution is 0.0588. The van der Waals surface area contributed by atoms with E-state index in [2.05, 4.69) is 5.32 Å². The summed E-state index contributed by atoms with van der Waals surface area (Å²) in [5.74, 6) is -0.232. The van der Waals surface area contributed by atoms with Gasteiger partial charge >= 0.3 is 0 Å². The zero-order valence-electron chi connectivity index (χ0n) is 11.4. The summed E-state index contributed by atoms with van der Waals surface area (Å²) in [5, 5.41) is 3.83. The summed E-state index contributed by atoms with van der Waals surface area (Å²) in [5.41, 5.74) is 0.605. The van der Waals surface area contributed by atoms with Crippen molar-refractivity contribution in [2.75, 3.05) is 33.5 Å². The predicted octanol–water partition coefficient (Wildman–Crippen LogP) is 2.66. The van der Waals surface area contributed by atoms with Crippen LogP contribution in [0.4, 0.5) is 4.39 Å². The number of rotatable bonds is 9. The number of nitrogens with one attached hydrogen (secondary N) is 1. The summed E-state index contributed by atoms with van der Waals surface area (Å²) in [6.07, 6.45) is 0.549. The molecule has 1 aromatic rings. The summed E-state index contributed by atoms with van der Waals surface area (Å²) in [6.45, 7) is 4.43. The van der Waals surface area contributed by atoms with Crippen LogP contribution in [-0.2, 0) is 15.9 Å². The molecule has 108 valence electrons. The Morgan fingerprint density at radius 3 is 2.84 bits per heavy atom. The van der Waals surface area contributed by atoms with Crippen molar-refractivity contribution in [2.45, 2.75) is 19.4 Å². The number of likely N-dealkylation sites (N-methyl/N-ethyl adjacent to an activating group) is 1. The Morgan fingerprint density at radius 2 is 2.16 bits per heavy atom. The maximum Gasteiger partial charge on any atom is 0.126 e. The van der Waals surface area contributed by atoms with Gasteiger partial charge in [0.2, 0.25) is 0 Å². The van der Waals surface area contributed by atoms with Crippen LogP contribution in [-0.4, -0.2) is 39.5 Å². The number of benzene rings is 1. The highest BCUT2D eigenvalue weighted by Crippen LogP contribution is 2.16. The Kier molecular flexibility index (Phi) is 7.98. The highest BCUT2D eigenvalue weighted by Gasteiger charge is 2.12. The molecule has 0 spiro atoms. The molecule has 0 radical (unpaired) electrons. The van der Waals surface area contributed by atoms with Crippen LogP contribution in [0.25, 0.3) is 0 Å². The van der Waals surface area contributed by atoms with Gasteiger partial charge in [0, 0.05) is 18.2 Å². The minimum atomic E-state index is -0.232. The SMILES string of the molecule is CCNC(COCCOC)Cc1cc(Cl)ccc1F. The number of ether oxygens (including phenoxy) is 2. The maximum absolute atomic E-state index is 13.7. The van der Waals surface area contributed by atoms with E-state index < -0.39 is 0 Å². The molecule has 0 saturated carbocycles. The molecule has 0 aliphatic rings. The third-order valence-electron chi connectivity index (χ3n) is 2.72. The fourth-order valence-electron chi connectivity index (χ4n) is 1.81. The standard InChI is InChI=1S/C14H21ClFNO2/c1-3-17-13(10-19-7-6-18-2)9-11-8-12(15)4-5-14(11)16/h4-5,8,13,17H,3,6-7,9-10H2,1-2H3. The summed E-state index contributed by atoms with van der Waals surface area (Å²) < 4.78 is 24.1. The van der Waals surface area contributed by atoms with E-state index in [0.717, 1.165) is 6.54 Å². The Hall–Kier alpha value is -0.680. The van der Waals surface area contributed by atoms with Crippen molar-refractivity contribution < 1.29 is 13.9 Å². The molecular formula is C14H21ClFNO2. The lowest BCUT2D eigenvalue weighted by Crippen LogP contribution is -2.36. The van der Waals surface area contributed by atoms with Crippen LogP contribution in [0.1, 0.15) is 12.5 Å². The van der Waals surface area contributed by atoms with E-state index in [1.54, 1.807) is 19.2 Å². The molecule has 0 aliphatic carbocycles. The fourth-order valence-corrected chi connectivity index (χ4v) is 2.01. The monoisotopic (exact) mass is 289 g/mol. The molecule has 0 bridgehead atoms. The number of hydrogen-bond acceptors (Lipinski definition) is 3. The molecule has 0 saturated heterocycles. The molecule has 19 heavy (non-hydrogen) atoms. The van der Waals surface area contributed by atoms with E-state index in [4.69, 9.17) is 21.1 Å². The van der Waals surface area contributed by atoms with E-state index in [-0.39, 0.29) is 11.9 Å². The summed E-state index contributed by atoms with van der Waals surface area (Å²) >= 11 is 5.89. The van der Waals surface area contributed by atoms with Gasteiger partial charge in [0.1, 0.15) is 5.82 Å². The molecule has 0 heterocycles. The summed E-state index contributed by atoms with van der Waals surface area (Å²) in [6, 6.07) is 4.68. The Balaban J connectivity index is 2.54. The van der Waals surface area contributed by atoms with Gasteiger partial charge < -0.3 is 14.8 Å². The zero-order valence-corrected chi connectivity index (χ0v) is 12.2. The van der Waals surface area contributed by atoms with E-state index in [9.17, 15) is 4.39 Å². The van der Waals surface area contributed by atoms with E-state index in [0.29, 0.717) is 36.8 Å². The van der Waals surface area contributed by atoms with Crippen molar-refractivity contribution >= 4 is 11.6 Å². The van der Waals surface area contributed by atoms with Crippen LogP contribution in [0, 0.1) is 5.82 Å². The van der Waals surface area contributed by atoms with Gasteiger partial charge in [-0.3, -0.25) is 0 Å². The Bertz CT molecular complexity index is 376. The second-order valence-corrected chi connectivity index (χ2v) is 4.70. The Labute approximate surface area is 119 Å². The second-order valence-electron chi connectivity index (χ2n) is 4.26. The van der Waals surface area contributed by atoms with E-state index in [1.807, 2.05) is 6.92 Å². The molecule has 1 atom stereocenters. The molecule has 0 aromatic heterocycles. The first-order valence-electron chi connectivity index (χ1n) is 6.41. The van der Waals surface area contributed by atoms with Crippen molar-refractivity contribution in [3.05, 3.63) is 34.6 Å². The van der Waals surface area contributed by atoms with Gasteiger partial charge in [0.05, 0.1) is 19.8 Å². The van der Waals surface area contributed by atoms with Crippen molar-refractivity contribution in [1.82, 2.24) is 5.32 Å². The summed E-state index contributed by atoms with van der Waals surface area (Å²) in [7, 11) is 1.63. The third kappa shape index (κ3) is 6.34. The first-order valence-corrected chi connectivity index (χ1v) is 6.79. The van der Waals surface area contributed by atoms with Crippen LogP contribution >= 0.6 is 11.6 Å². The number of halogens is 2. The summed E-state index contributed by atoms with van der Waals surface area (Å²) in [4.78, 5) is 0. The molecule has 5 heteroatoms. The van der Waals surface area contributed by atoms with Crippen molar-refractivity contribution in [2.24, 2.45) is 0 Å². The van der Waals surface area contributed by atoms with Gasteiger partial charge in [-0.25, -0.2) is 4.39 Å². The Morgan fingerprint density at radius 1 is 1.37 bits per heavy atom. The topological polar surface area (TPSA) is 30.5 Å². The maximum atomic E-state index is 13.7. The van der Waals surface area contributed by atoms with Gasteiger partial charge in [-0.05, 0) is 36.7 Å². The molecule has 1 rings (SSSR count). The molecular weight excluding hydrogens is 269 g/mol. The minimum absolute atomic E-state index is 0.0647. The molecule has 0 aliphatic heterocycles. The van der Waals surface area contributed by atoms with Crippen LogP contribution in [0.15, 0.2) is 18.2 Å². The molecule has 1 unspecified atom stereocenters. The van der Waals surface area contributed by atoms with Crippen molar-refractivity contribution in [3.63, 3.8) is 0 Å². The zero-order chi connectivity index (χ0) is 14.1. The molecule has 0 amide bonds. The normalized spacial score (nSPS) is 12.6. The lowest BCUT2D eigenvalue weighted by Gasteiger charge is -2.18. The van der Waals surface area contributed by atoms with Crippen molar-refractivity contribution in [1.29, 1.82) is 0 Å². The second kappa shape index (κ2) is 9.26. The fraction of sp³-hybridized carbons (Fsp3) is 0.571. The van der Waals surface area contributed by atoms with Gasteiger partial charge in [-0.2, -0.15) is 0 Å². The first kappa shape index (κ1) is 16.4. The van der Waals surface area contributed by atoms with Gasteiger partial charge in [0.25, 0.3) is 0 Å². The molecule has 0 fully saturated rings. The highest BCUT2D eigenvalue weighted by molar-refractivity contribution is 6.30. The van der Waals surface area contributed by atoms with Gasteiger partial charge in [-0.15, -0.1) is 0 Å². The van der Waals surface area contributed by atoms with Crippen LogP contribution in [0.3, 0.4) is 0 Å². The van der Waals surface area contributed by atoms with Gasteiger partial charge in [-0.1, -0.05) is 18.5 Å². The number of methoxy groups -OCH3 is 1. The predicted molar refractivity (Wildman–Crippen MR) is 75.3 cm³/mol. The average Bonchev–Trinajstić information content (AvgIpc) is 2.39. The highest BCUT2D eigenvalue weighted by atomic mass is 35.5. The third-order valence-corrected chi connectivity index (χ3v) is 2.95. The quantitative estimate of drug-likeness (QED) is 0.709. The molecule has 1 N–H and O–H groups in total.